The van der Waals surface area contributed by atoms with E-state index < -0.39 is 0 Å². The molecule has 1 aromatic rings. The van der Waals surface area contributed by atoms with Crippen LogP contribution in [0.3, 0.4) is 0 Å². The minimum absolute atomic E-state index is 0.292. The Bertz CT molecular complexity index is 430. The lowest BCUT2D eigenvalue weighted by molar-refractivity contribution is 0.00839. The first-order valence-corrected chi connectivity index (χ1v) is 7.88. The van der Waals surface area contributed by atoms with E-state index in [9.17, 15) is 0 Å². The highest BCUT2D eigenvalue weighted by Gasteiger charge is 2.21. The molecule has 118 valence electrons. The Morgan fingerprint density at radius 1 is 1.19 bits per heavy atom. The Morgan fingerprint density at radius 3 is 2.67 bits per heavy atom. The van der Waals surface area contributed by atoms with Gasteiger partial charge in [-0.15, -0.1) is 0 Å². The van der Waals surface area contributed by atoms with Crippen molar-refractivity contribution < 1.29 is 14.2 Å². The Morgan fingerprint density at radius 2 is 2.00 bits per heavy atom. The summed E-state index contributed by atoms with van der Waals surface area (Å²) in [6.45, 7) is 8.81. The molecule has 0 radical (unpaired) electrons. The van der Waals surface area contributed by atoms with Crippen LogP contribution in [0.2, 0.25) is 0 Å². The van der Waals surface area contributed by atoms with Gasteiger partial charge in [0.05, 0.1) is 13.2 Å². The van der Waals surface area contributed by atoms with Crippen LogP contribution in [-0.2, 0) is 11.3 Å². The van der Waals surface area contributed by atoms with E-state index in [0.29, 0.717) is 19.4 Å². The van der Waals surface area contributed by atoms with Gasteiger partial charge >= 0.3 is 0 Å². The summed E-state index contributed by atoms with van der Waals surface area (Å²) in [6, 6.07) is 6.53. The predicted molar refractivity (Wildman–Crippen MR) is 83.8 cm³/mol. The van der Waals surface area contributed by atoms with E-state index in [4.69, 9.17) is 14.2 Å². The summed E-state index contributed by atoms with van der Waals surface area (Å²) < 4.78 is 16.9. The second-order valence-electron chi connectivity index (χ2n) is 5.83. The molecule has 4 heteroatoms. The van der Waals surface area contributed by atoms with Gasteiger partial charge in [-0.1, -0.05) is 19.9 Å². The maximum absolute atomic E-state index is 5.68. The molecule has 4 nitrogen and oxygen atoms in total. The molecule has 0 atom stereocenters. The van der Waals surface area contributed by atoms with Crippen molar-refractivity contribution in [1.29, 1.82) is 0 Å². The van der Waals surface area contributed by atoms with E-state index in [1.165, 1.54) is 18.4 Å². The molecule has 0 spiro atoms. The Kier molecular flexibility index (Phi) is 6.33. The van der Waals surface area contributed by atoms with Crippen molar-refractivity contribution in [2.24, 2.45) is 5.92 Å². The van der Waals surface area contributed by atoms with Crippen molar-refractivity contribution in [3.8, 4) is 11.5 Å². The Hall–Kier alpha value is -1.26. The third-order valence-corrected chi connectivity index (χ3v) is 3.37. The van der Waals surface area contributed by atoms with Crippen LogP contribution in [0.1, 0.15) is 39.2 Å². The molecule has 1 aliphatic carbocycles. The quantitative estimate of drug-likeness (QED) is 0.530. The number of nitrogens with one attached hydrogen (secondary N) is 1. The maximum Gasteiger partial charge on any atom is 0.189 e. The molecule has 0 amide bonds. The van der Waals surface area contributed by atoms with Gasteiger partial charge in [-0.3, -0.25) is 0 Å². The molecule has 0 saturated heterocycles. The molecule has 2 rings (SSSR count). The number of benzene rings is 1. The minimum atomic E-state index is 0.292. The predicted octanol–water partition coefficient (Wildman–Crippen LogP) is 3.35. The number of rotatable bonds is 10. The highest BCUT2D eigenvalue weighted by molar-refractivity contribution is 5.43. The van der Waals surface area contributed by atoms with Gasteiger partial charge in [-0.25, -0.2) is 0 Å². The average Bonchev–Trinajstić information content (AvgIpc) is 3.27. The summed E-state index contributed by atoms with van der Waals surface area (Å²) in [5.74, 6) is 2.29. The fourth-order valence-corrected chi connectivity index (χ4v) is 1.98. The zero-order chi connectivity index (χ0) is 15.1. The summed E-state index contributed by atoms with van der Waals surface area (Å²) in [4.78, 5) is 0. The van der Waals surface area contributed by atoms with Crippen LogP contribution in [0.4, 0.5) is 0 Å². The normalized spacial score (nSPS) is 14.5. The van der Waals surface area contributed by atoms with E-state index in [0.717, 1.165) is 30.6 Å². The van der Waals surface area contributed by atoms with Crippen LogP contribution in [0, 0.1) is 5.92 Å². The molecule has 1 saturated carbocycles. The zero-order valence-corrected chi connectivity index (χ0v) is 13.4. The standard InChI is InChI=1S/C17H27NO3/c1-4-20-17-9-15(10-18-13(2)3)7-8-16(17)21-12-19-11-14-5-6-14/h7-9,13-14,18H,4-6,10-12H2,1-3H3. The van der Waals surface area contributed by atoms with E-state index in [1.54, 1.807) is 0 Å². The molecule has 0 unspecified atom stereocenters. The SMILES string of the molecule is CCOc1cc(CNC(C)C)ccc1OCOCC1CC1. The average molecular weight is 293 g/mol. The van der Waals surface area contributed by atoms with E-state index in [1.807, 2.05) is 19.1 Å². The molecule has 0 aromatic heterocycles. The summed E-state index contributed by atoms with van der Waals surface area (Å²) in [5.41, 5.74) is 1.19. The third kappa shape index (κ3) is 5.94. The number of hydrogen-bond acceptors (Lipinski definition) is 4. The molecular formula is C17H27NO3. The molecule has 1 aromatic carbocycles. The molecule has 0 bridgehead atoms. The van der Waals surface area contributed by atoms with Crippen LogP contribution in [-0.4, -0.2) is 26.0 Å². The smallest absolute Gasteiger partial charge is 0.189 e. The van der Waals surface area contributed by atoms with Gasteiger partial charge in [0.2, 0.25) is 0 Å². The van der Waals surface area contributed by atoms with Crippen molar-refractivity contribution in [2.75, 3.05) is 20.0 Å². The molecule has 1 aliphatic rings. The maximum atomic E-state index is 5.68. The van der Waals surface area contributed by atoms with Gasteiger partial charge in [0, 0.05) is 12.6 Å². The van der Waals surface area contributed by atoms with Gasteiger partial charge in [-0.2, -0.15) is 0 Å². The van der Waals surface area contributed by atoms with E-state index in [2.05, 4.69) is 25.2 Å². The highest BCUT2D eigenvalue weighted by atomic mass is 16.7. The lowest BCUT2D eigenvalue weighted by atomic mass is 10.2. The van der Waals surface area contributed by atoms with Crippen molar-refractivity contribution in [3.63, 3.8) is 0 Å². The molecule has 0 aliphatic heterocycles. The number of ether oxygens (including phenoxy) is 3. The van der Waals surface area contributed by atoms with Crippen molar-refractivity contribution >= 4 is 0 Å². The van der Waals surface area contributed by atoms with Gasteiger partial charge in [-0.05, 0) is 43.4 Å². The topological polar surface area (TPSA) is 39.7 Å². The highest BCUT2D eigenvalue weighted by Crippen LogP contribution is 2.30. The first kappa shape index (κ1) is 16.1. The third-order valence-electron chi connectivity index (χ3n) is 3.37. The second-order valence-corrected chi connectivity index (χ2v) is 5.83. The minimum Gasteiger partial charge on any atom is -0.490 e. The monoisotopic (exact) mass is 293 g/mol. The summed E-state index contributed by atoms with van der Waals surface area (Å²) in [6.07, 6.45) is 2.59. The van der Waals surface area contributed by atoms with Gasteiger partial charge in [0.25, 0.3) is 0 Å². The zero-order valence-electron chi connectivity index (χ0n) is 13.4. The Balaban J connectivity index is 1.87. The van der Waals surface area contributed by atoms with Gasteiger partial charge < -0.3 is 19.5 Å². The fraction of sp³-hybridized carbons (Fsp3) is 0.647. The molecule has 21 heavy (non-hydrogen) atoms. The van der Waals surface area contributed by atoms with Crippen LogP contribution in [0.15, 0.2) is 18.2 Å². The second kappa shape index (κ2) is 8.25. The first-order chi connectivity index (χ1) is 10.2. The Labute approximate surface area is 127 Å². The molecule has 1 N–H and O–H groups in total. The van der Waals surface area contributed by atoms with E-state index in [-0.39, 0.29) is 0 Å². The van der Waals surface area contributed by atoms with Crippen molar-refractivity contribution in [3.05, 3.63) is 23.8 Å². The van der Waals surface area contributed by atoms with Crippen LogP contribution in [0.5, 0.6) is 11.5 Å². The van der Waals surface area contributed by atoms with Crippen LogP contribution >= 0.6 is 0 Å². The molecule has 0 heterocycles. The van der Waals surface area contributed by atoms with Gasteiger partial charge in [0.15, 0.2) is 18.3 Å². The first-order valence-electron chi connectivity index (χ1n) is 7.88. The van der Waals surface area contributed by atoms with Crippen LogP contribution < -0.4 is 14.8 Å². The lowest BCUT2D eigenvalue weighted by Gasteiger charge is -2.14. The van der Waals surface area contributed by atoms with Crippen LogP contribution in [0.25, 0.3) is 0 Å². The van der Waals surface area contributed by atoms with Crippen molar-refractivity contribution in [2.45, 2.75) is 46.2 Å². The van der Waals surface area contributed by atoms with Gasteiger partial charge in [0.1, 0.15) is 0 Å². The van der Waals surface area contributed by atoms with E-state index >= 15 is 0 Å². The van der Waals surface area contributed by atoms with Crippen molar-refractivity contribution in [1.82, 2.24) is 5.32 Å². The fourth-order valence-electron chi connectivity index (χ4n) is 1.98. The number of hydrogen-bond donors (Lipinski definition) is 1. The largest absolute Gasteiger partial charge is 0.490 e. The summed E-state index contributed by atoms with van der Waals surface area (Å²) in [5, 5.41) is 3.40. The summed E-state index contributed by atoms with van der Waals surface area (Å²) in [7, 11) is 0. The lowest BCUT2D eigenvalue weighted by Crippen LogP contribution is -2.21. The molecular weight excluding hydrogens is 266 g/mol. The molecule has 1 fully saturated rings. The summed E-state index contributed by atoms with van der Waals surface area (Å²) >= 11 is 0.